The zero-order valence-corrected chi connectivity index (χ0v) is 10.6. The van der Waals surface area contributed by atoms with Gasteiger partial charge in [0.05, 0.1) is 18.3 Å². The van der Waals surface area contributed by atoms with Gasteiger partial charge in [-0.3, -0.25) is 9.78 Å². The van der Waals surface area contributed by atoms with E-state index >= 15 is 0 Å². The largest absolute Gasteiger partial charge is 0.324 e. The van der Waals surface area contributed by atoms with Gasteiger partial charge in [0.2, 0.25) is 5.91 Å². The van der Waals surface area contributed by atoms with Crippen LogP contribution in [0.5, 0.6) is 0 Å². The van der Waals surface area contributed by atoms with Crippen molar-refractivity contribution in [3.63, 3.8) is 0 Å². The second-order valence-corrected chi connectivity index (χ2v) is 4.40. The number of nitrogens with zero attached hydrogens (tertiary/aromatic N) is 1. The lowest BCUT2D eigenvalue weighted by atomic mass is 10.0. The molecule has 1 aromatic carbocycles. The highest BCUT2D eigenvalue weighted by Gasteiger charge is 2.06. The summed E-state index contributed by atoms with van der Waals surface area (Å²) in [7, 11) is 0. The molecule has 0 aliphatic rings. The van der Waals surface area contributed by atoms with Crippen LogP contribution in [-0.4, -0.2) is 10.9 Å². The second-order valence-electron chi connectivity index (χ2n) is 4.40. The summed E-state index contributed by atoms with van der Waals surface area (Å²) in [5.41, 5.74) is 4.11. The number of anilines is 1. The number of carbonyl (C=O) groups is 1. The number of rotatable bonds is 3. The van der Waals surface area contributed by atoms with E-state index in [2.05, 4.69) is 22.4 Å². The Labute approximate surface area is 107 Å². The summed E-state index contributed by atoms with van der Waals surface area (Å²) in [6.45, 7) is 4.05. The van der Waals surface area contributed by atoms with E-state index in [1.807, 2.05) is 26.0 Å². The van der Waals surface area contributed by atoms with Gasteiger partial charge in [0.15, 0.2) is 0 Å². The molecule has 3 heteroatoms. The molecule has 0 radical (unpaired) electrons. The van der Waals surface area contributed by atoms with Crippen molar-refractivity contribution in [3.8, 4) is 0 Å². The average Bonchev–Trinajstić information content (AvgIpc) is 2.35. The molecule has 0 saturated heterocycles. The molecule has 0 aliphatic carbocycles. The Balaban J connectivity index is 2.05. The molecular weight excluding hydrogens is 224 g/mol. The minimum absolute atomic E-state index is 0.0169. The minimum Gasteiger partial charge on any atom is -0.324 e. The van der Waals surface area contributed by atoms with Crippen LogP contribution in [0, 0.1) is 13.8 Å². The summed E-state index contributed by atoms with van der Waals surface area (Å²) in [6.07, 6.45) is 3.71. The van der Waals surface area contributed by atoms with E-state index < -0.39 is 0 Å². The Morgan fingerprint density at radius 1 is 1.28 bits per heavy atom. The lowest BCUT2D eigenvalue weighted by molar-refractivity contribution is -0.115. The fourth-order valence-corrected chi connectivity index (χ4v) is 1.81. The summed E-state index contributed by atoms with van der Waals surface area (Å²) in [6, 6.07) is 9.78. The van der Waals surface area contributed by atoms with Gasteiger partial charge in [-0.05, 0) is 37.1 Å². The molecule has 1 N–H and O–H groups in total. The first-order valence-corrected chi connectivity index (χ1v) is 5.91. The average molecular weight is 240 g/mol. The van der Waals surface area contributed by atoms with Gasteiger partial charge >= 0.3 is 0 Å². The number of pyridine rings is 1. The second kappa shape index (κ2) is 5.45. The molecule has 1 heterocycles. The van der Waals surface area contributed by atoms with Crippen molar-refractivity contribution in [2.75, 3.05) is 5.32 Å². The van der Waals surface area contributed by atoms with Crippen molar-refractivity contribution in [2.24, 2.45) is 0 Å². The van der Waals surface area contributed by atoms with E-state index in [9.17, 15) is 4.79 Å². The highest BCUT2D eigenvalue weighted by atomic mass is 16.1. The van der Waals surface area contributed by atoms with Crippen molar-refractivity contribution >= 4 is 11.6 Å². The summed E-state index contributed by atoms with van der Waals surface area (Å²) in [5, 5.41) is 2.84. The fourth-order valence-electron chi connectivity index (χ4n) is 1.81. The lowest BCUT2D eigenvalue weighted by Gasteiger charge is -2.08. The van der Waals surface area contributed by atoms with Gasteiger partial charge in [0.1, 0.15) is 0 Å². The highest BCUT2D eigenvalue weighted by molar-refractivity contribution is 5.92. The van der Waals surface area contributed by atoms with E-state index in [0.29, 0.717) is 6.42 Å². The van der Waals surface area contributed by atoms with E-state index in [4.69, 9.17) is 0 Å². The summed E-state index contributed by atoms with van der Waals surface area (Å²) in [5.74, 6) is -0.0169. The Morgan fingerprint density at radius 3 is 2.83 bits per heavy atom. The number of aromatic nitrogens is 1. The number of nitrogens with one attached hydrogen (secondary N) is 1. The molecule has 0 fully saturated rings. The lowest BCUT2D eigenvalue weighted by Crippen LogP contribution is -2.15. The van der Waals surface area contributed by atoms with E-state index in [0.717, 1.165) is 16.8 Å². The molecule has 2 rings (SSSR count). The quantitative estimate of drug-likeness (QED) is 0.896. The molecule has 0 saturated carbocycles. The Kier molecular flexibility index (Phi) is 3.72. The predicted octanol–water partition coefficient (Wildman–Crippen LogP) is 2.88. The normalized spacial score (nSPS) is 10.1. The monoisotopic (exact) mass is 240 g/mol. The topological polar surface area (TPSA) is 42.0 Å². The van der Waals surface area contributed by atoms with Crippen LogP contribution in [0.25, 0.3) is 0 Å². The van der Waals surface area contributed by atoms with Crippen LogP contribution in [0.15, 0.2) is 42.7 Å². The Morgan fingerprint density at radius 2 is 2.11 bits per heavy atom. The smallest absolute Gasteiger partial charge is 0.228 e. The molecular formula is C15H16N2O. The minimum atomic E-state index is -0.0169. The number of hydrogen-bond acceptors (Lipinski definition) is 2. The van der Waals surface area contributed by atoms with Gasteiger partial charge in [0, 0.05) is 6.20 Å². The maximum absolute atomic E-state index is 11.9. The van der Waals surface area contributed by atoms with Gasteiger partial charge < -0.3 is 5.32 Å². The fraction of sp³-hybridized carbons (Fsp3) is 0.200. The van der Waals surface area contributed by atoms with E-state index in [1.165, 1.54) is 5.56 Å². The molecule has 0 unspecified atom stereocenters. The van der Waals surface area contributed by atoms with Gasteiger partial charge in [-0.25, -0.2) is 0 Å². The third kappa shape index (κ3) is 3.17. The molecule has 0 aliphatic heterocycles. The van der Waals surface area contributed by atoms with Crippen molar-refractivity contribution in [1.29, 1.82) is 0 Å². The first kappa shape index (κ1) is 12.3. The molecule has 0 atom stereocenters. The van der Waals surface area contributed by atoms with Crippen LogP contribution >= 0.6 is 0 Å². The summed E-state index contributed by atoms with van der Waals surface area (Å²) >= 11 is 0. The van der Waals surface area contributed by atoms with Crippen molar-refractivity contribution in [1.82, 2.24) is 4.98 Å². The van der Waals surface area contributed by atoms with Crippen LogP contribution < -0.4 is 5.32 Å². The maximum atomic E-state index is 11.9. The van der Waals surface area contributed by atoms with Gasteiger partial charge in [-0.15, -0.1) is 0 Å². The Bertz CT molecular complexity index is 550. The van der Waals surface area contributed by atoms with Crippen molar-refractivity contribution in [2.45, 2.75) is 20.3 Å². The predicted molar refractivity (Wildman–Crippen MR) is 72.5 cm³/mol. The summed E-state index contributed by atoms with van der Waals surface area (Å²) in [4.78, 5) is 15.9. The SMILES string of the molecule is Cc1ccc(C)c(CC(=O)Nc2cccnc2)c1. The zero-order valence-electron chi connectivity index (χ0n) is 10.6. The molecule has 1 aromatic heterocycles. The first-order chi connectivity index (χ1) is 8.65. The summed E-state index contributed by atoms with van der Waals surface area (Å²) < 4.78 is 0. The number of benzene rings is 1. The molecule has 3 nitrogen and oxygen atoms in total. The molecule has 18 heavy (non-hydrogen) atoms. The van der Waals surface area contributed by atoms with Gasteiger partial charge in [0.25, 0.3) is 0 Å². The Hall–Kier alpha value is -2.16. The van der Waals surface area contributed by atoms with Crippen LogP contribution in [0.1, 0.15) is 16.7 Å². The van der Waals surface area contributed by atoms with Crippen molar-refractivity contribution < 1.29 is 4.79 Å². The van der Waals surface area contributed by atoms with Crippen LogP contribution in [-0.2, 0) is 11.2 Å². The molecule has 0 spiro atoms. The number of amides is 1. The van der Waals surface area contributed by atoms with Crippen LogP contribution in [0.3, 0.4) is 0 Å². The van der Waals surface area contributed by atoms with E-state index in [1.54, 1.807) is 18.5 Å². The molecule has 0 bridgehead atoms. The van der Waals surface area contributed by atoms with E-state index in [-0.39, 0.29) is 5.91 Å². The van der Waals surface area contributed by atoms with Gasteiger partial charge in [-0.1, -0.05) is 23.8 Å². The highest BCUT2D eigenvalue weighted by Crippen LogP contribution is 2.12. The standard InChI is InChI=1S/C15H16N2O/c1-11-5-6-12(2)13(8-11)9-15(18)17-14-4-3-7-16-10-14/h3-8,10H,9H2,1-2H3,(H,17,18). The van der Waals surface area contributed by atoms with Gasteiger partial charge in [-0.2, -0.15) is 0 Å². The number of carbonyl (C=O) groups excluding carboxylic acids is 1. The van der Waals surface area contributed by atoms with Crippen LogP contribution in [0.4, 0.5) is 5.69 Å². The molecule has 2 aromatic rings. The third-order valence-corrected chi connectivity index (χ3v) is 2.80. The molecule has 92 valence electrons. The zero-order chi connectivity index (χ0) is 13.0. The third-order valence-electron chi connectivity index (χ3n) is 2.80. The van der Waals surface area contributed by atoms with Crippen LogP contribution in [0.2, 0.25) is 0 Å². The number of hydrogen-bond donors (Lipinski definition) is 1. The number of aryl methyl sites for hydroxylation is 2. The maximum Gasteiger partial charge on any atom is 0.228 e. The van der Waals surface area contributed by atoms with Crippen molar-refractivity contribution in [3.05, 3.63) is 59.4 Å². The first-order valence-electron chi connectivity index (χ1n) is 5.91. The molecule has 1 amide bonds.